The fraction of sp³-hybridized carbons (Fsp3) is 0.538. The van der Waals surface area contributed by atoms with Crippen LogP contribution in [0.25, 0.3) is 0 Å². The van der Waals surface area contributed by atoms with E-state index in [-0.39, 0.29) is 0 Å². The van der Waals surface area contributed by atoms with Gasteiger partial charge in [-0.25, -0.2) is 0 Å². The minimum absolute atomic E-state index is 0.545. The molecule has 1 aromatic rings. The summed E-state index contributed by atoms with van der Waals surface area (Å²) in [5, 5.41) is 0.781. The Hall–Kier alpha value is -0.400. The SMILES string of the molecule is ClCc1cc(Cl)ccc1N1CC2CCC1C2. The second-order valence-corrected chi connectivity index (χ2v) is 5.60. The summed E-state index contributed by atoms with van der Waals surface area (Å²) in [5.41, 5.74) is 2.47. The highest BCUT2D eigenvalue weighted by atomic mass is 35.5. The van der Waals surface area contributed by atoms with Crippen molar-refractivity contribution in [2.75, 3.05) is 11.4 Å². The highest BCUT2D eigenvalue weighted by Gasteiger charge is 2.38. The molecule has 1 nitrogen and oxygen atoms in total. The van der Waals surface area contributed by atoms with Gasteiger partial charge < -0.3 is 4.90 Å². The van der Waals surface area contributed by atoms with Crippen LogP contribution in [-0.4, -0.2) is 12.6 Å². The Morgan fingerprint density at radius 3 is 2.81 bits per heavy atom. The number of hydrogen-bond acceptors (Lipinski definition) is 1. The molecule has 1 saturated heterocycles. The summed E-state index contributed by atoms with van der Waals surface area (Å²) in [5.74, 6) is 1.45. The molecule has 1 aliphatic carbocycles. The molecule has 16 heavy (non-hydrogen) atoms. The van der Waals surface area contributed by atoms with Crippen molar-refractivity contribution in [1.29, 1.82) is 0 Å². The topological polar surface area (TPSA) is 3.24 Å². The number of piperidine rings is 1. The number of fused-ring (bicyclic) bond motifs is 2. The maximum Gasteiger partial charge on any atom is 0.0495 e. The van der Waals surface area contributed by atoms with E-state index < -0.39 is 0 Å². The molecule has 2 atom stereocenters. The van der Waals surface area contributed by atoms with Crippen LogP contribution in [0.4, 0.5) is 5.69 Å². The molecule has 2 aliphatic rings. The Kier molecular flexibility index (Phi) is 2.76. The monoisotopic (exact) mass is 255 g/mol. The summed E-state index contributed by atoms with van der Waals surface area (Å²) < 4.78 is 0. The van der Waals surface area contributed by atoms with Crippen LogP contribution in [0.3, 0.4) is 0 Å². The number of nitrogens with zero attached hydrogens (tertiary/aromatic N) is 1. The third kappa shape index (κ3) is 1.70. The number of anilines is 1. The van der Waals surface area contributed by atoms with Crippen LogP contribution in [0, 0.1) is 5.92 Å². The van der Waals surface area contributed by atoms with Crippen LogP contribution >= 0.6 is 23.2 Å². The van der Waals surface area contributed by atoms with E-state index in [9.17, 15) is 0 Å². The van der Waals surface area contributed by atoms with Crippen molar-refractivity contribution in [1.82, 2.24) is 0 Å². The first-order valence-corrected chi connectivity index (χ1v) is 6.80. The second kappa shape index (κ2) is 4.12. The number of halogens is 2. The molecule has 0 aromatic heterocycles. The quantitative estimate of drug-likeness (QED) is 0.721. The standard InChI is InChI=1S/C13H15Cl2N/c14-7-10-6-11(15)2-4-13(10)16-8-9-1-3-12(16)5-9/h2,4,6,9,12H,1,3,5,7-8H2. The molecule has 2 fully saturated rings. The maximum absolute atomic E-state index is 6.00. The summed E-state index contributed by atoms with van der Waals surface area (Å²) in [6.07, 6.45) is 4.12. The zero-order valence-electron chi connectivity index (χ0n) is 9.13. The van der Waals surface area contributed by atoms with E-state index in [1.165, 1.54) is 37.1 Å². The molecular formula is C13H15Cl2N. The van der Waals surface area contributed by atoms with Gasteiger partial charge in [-0.1, -0.05) is 11.6 Å². The van der Waals surface area contributed by atoms with Gasteiger partial charge in [0, 0.05) is 29.2 Å². The van der Waals surface area contributed by atoms with E-state index in [0.29, 0.717) is 5.88 Å². The Morgan fingerprint density at radius 1 is 1.31 bits per heavy atom. The van der Waals surface area contributed by atoms with Crippen molar-refractivity contribution in [2.24, 2.45) is 5.92 Å². The summed E-state index contributed by atoms with van der Waals surface area (Å²) in [6, 6.07) is 6.84. The van der Waals surface area contributed by atoms with Gasteiger partial charge in [0.1, 0.15) is 0 Å². The van der Waals surface area contributed by atoms with Gasteiger partial charge in [0.25, 0.3) is 0 Å². The maximum atomic E-state index is 6.00. The van der Waals surface area contributed by atoms with E-state index >= 15 is 0 Å². The van der Waals surface area contributed by atoms with E-state index in [2.05, 4.69) is 11.0 Å². The molecule has 2 bridgehead atoms. The van der Waals surface area contributed by atoms with Gasteiger partial charge in [-0.3, -0.25) is 0 Å². The molecule has 1 aromatic carbocycles. The van der Waals surface area contributed by atoms with Gasteiger partial charge in [0.2, 0.25) is 0 Å². The van der Waals surface area contributed by atoms with E-state index in [1.807, 2.05) is 12.1 Å². The van der Waals surface area contributed by atoms with Crippen LogP contribution in [0.1, 0.15) is 24.8 Å². The Labute approximate surface area is 106 Å². The minimum Gasteiger partial charge on any atom is -0.368 e. The minimum atomic E-state index is 0.545. The van der Waals surface area contributed by atoms with Crippen LogP contribution in [-0.2, 0) is 5.88 Å². The lowest BCUT2D eigenvalue weighted by Gasteiger charge is -2.30. The number of rotatable bonds is 2. The Bertz CT molecular complexity index is 405. The van der Waals surface area contributed by atoms with Gasteiger partial charge in [-0.2, -0.15) is 0 Å². The van der Waals surface area contributed by atoms with Crippen LogP contribution in [0.15, 0.2) is 18.2 Å². The Balaban J connectivity index is 1.94. The summed E-state index contributed by atoms with van der Waals surface area (Å²) in [7, 11) is 0. The molecule has 3 heteroatoms. The second-order valence-electron chi connectivity index (χ2n) is 4.89. The molecule has 0 radical (unpaired) electrons. The molecule has 1 aliphatic heterocycles. The van der Waals surface area contributed by atoms with E-state index in [0.717, 1.165) is 17.0 Å². The zero-order chi connectivity index (χ0) is 11.1. The number of alkyl halides is 1. The highest BCUT2D eigenvalue weighted by molar-refractivity contribution is 6.30. The largest absolute Gasteiger partial charge is 0.368 e. The highest BCUT2D eigenvalue weighted by Crippen LogP contribution is 2.41. The third-order valence-corrected chi connectivity index (χ3v) is 4.43. The number of hydrogen-bond donors (Lipinski definition) is 0. The molecule has 1 saturated carbocycles. The summed E-state index contributed by atoms with van der Waals surface area (Å²) in [4.78, 5) is 2.53. The van der Waals surface area contributed by atoms with Gasteiger partial charge in [-0.05, 0) is 48.9 Å². The van der Waals surface area contributed by atoms with Crippen LogP contribution < -0.4 is 4.90 Å². The van der Waals surface area contributed by atoms with Gasteiger partial charge >= 0.3 is 0 Å². The molecule has 3 rings (SSSR count). The molecule has 2 unspecified atom stereocenters. The van der Waals surface area contributed by atoms with Crippen LogP contribution in [0.2, 0.25) is 5.02 Å². The van der Waals surface area contributed by atoms with Crippen LogP contribution in [0.5, 0.6) is 0 Å². The lowest BCUT2D eigenvalue weighted by atomic mass is 10.1. The normalized spacial score (nSPS) is 27.8. The molecular weight excluding hydrogens is 241 g/mol. The van der Waals surface area contributed by atoms with Crippen molar-refractivity contribution >= 4 is 28.9 Å². The lowest BCUT2D eigenvalue weighted by Crippen LogP contribution is -2.32. The van der Waals surface area contributed by atoms with Gasteiger partial charge in [0.05, 0.1) is 0 Å². The lowest BCUT2D eigenvalue weighted by molar-refractivity contribution is 0.553. The average molecular weight is 256 g/mol. The fourth-order valence-corrected chi connectivity index (χ4v) is 3.57. The third-order valence-electron chi connectivity index (χ3n) is 3.90. The first kappa shape index (κ1) is 10.7. The van der Waals surface area contributed by atoms with Crippen molar-refractivity contribution in [3.63, 3.8) is 0 Å². The Morgan fingerprint density at radius 2 is 2.19 bits per heavy atom. The zero-order valence-corrected chi connectivity index (χ0v) is 10.6. The van der Waals surface area contributed by atoms with Crippen molar-refractivity contribution < 1.29 is 0 Å². The molecule has 0 spiro atoms. The molecule has 86 valence electrons. The average Bonchev–Trinajstić information content (AvgIpc) is 2.90. The van der Waals surface area contributed by atoms with Gasteiger partial charge in [0.15, 0.2) is 0 Å². The summed E-state index contributed by atoms with van der Waals surface area (Å²) in [6.45, 7) is 1.20. The summed E-state index contributed by atoms with van der Waals surface area (Å²) >= 11 is 12.0. The van der Waals surface area contributed by atoms with E-state index in [4.69, 9.17) is 23.2 Å². The smallest absolute Gasteiger partial charge is 0.0495 e. The molecule has 0 amide bonds. The predicted molar refractivity (Wildman–Crippen MR) is 69.5 cm³/mol. The van der Waals surface area contributed by atoms with Crippen molar-refractivity contribution in [3.8, 4) is 0 Å². The fourth-order valence-electron chi connectivity index (χ4n) is 3.16. The first-order valence-electron chi connectivity index (χ1n) is 5.89. The van der Waals surface area contributed by atoms with E-state index in [1.54, 1.807) is 0 Å². The van der Waals surface area contributed by atoms with Gasteiger partial charge in [-0.15, -0.1) is 11.6 Å². The predicted octanol–water partition coefficient (Wildman–Crippen LogP) is 4.07. The first-order chi connectivity index (χ1) is 7.78. The number of benzene rings is 1. The van der Waals surface area contributed by atoms with Crippen molar-refractivity contribution in [2.45, 2.75) is 31.2 Å². The molecule has 0 N–H and O–H groups in total. The van der Waals surface area contributed by atoms with Crippen molar-refractivity contribution in [3.05, 3.63) is 28.8 Å². The molecule has 1 heterocycles.